The number of carbonyl (C=O) groups is 1. The molecule has 114 valence electrons. The van der Waals surface area contributed by atoms with Crippen molar-refractivity contribution in [1.82, 2.24) is 24.5 Å². The third-order valence-corrected chi connectivity index (χ3v) is 5.48. The Hall–Kier alpha value is -2.02. The van der Waals surface area contributed by atoms with Gasteiger partial charge in [-0.25, -0.2) is 14.5 Å². The molecule has 0 saturated carbocycles. The largest absolute Gasteiger partial charge is 0.336 e. The van der Waals surface area contributed by atoms with Crippen LogP contribution in [0, 0.1) is 0 Å². The van der Waals surface area contributed by atoms with Crippen molar-refractivity contribution in [1.29, 1.82) is 0 Å². The molecule has 0 atom stereocenters. The second-order valence-electron chi connectivity index (χ2n) is 5.46. The van der Waals surface area contributed by atoms with Crippen LogP contribution in [-0.4, -0.2) is 43.5 Å². The highest BCUT2D eigenvalue weighted by Gasteiger charge is 2.24. The van der Waals surface area contributed by atoms with Crippen molar-refractivity contribution < 1.29 is 4.79 Å². The van der Waals surface area contributed by atoms with Crippen molar-refractivity contribution in [3.05, 3.63) is 22.6 Å². The van der Waals surface area contributed by atoms with Gasteiger partial charge in [0.25, 0.3) is 5.91 Å². The SMILES string of the molecule is CCN(CC)C(=O)c1nc2c3c4c(sc3ncn2n1)CCC4. The fourth-order valence-corrected chi connectivity index (χ4v) is 4.36. The monoisotopic (exact) mass is 315 g/mol. The van der Waals surface area contributed by atoms with Gasteiger partial charge in [0.05, 0.1) is 5.39 Å². The Morgan fingerprint density at radius 2 is 2.18 bits per heavy atom. The number of fused-ring (bicyclic) bond motifs is 5. The number of aryl methyl sites for hydroxylation is 2. The number of nitrogens with zero attached hydrogens (tertiary/aromatic N) is 5. The van der Waals surface area contributed by atoms with Crippen LogP contribution in [-0.2, 0) is 12.8 Å². The minimum atomic E-state index is -0.117. The van der Waals surface area contributed by atoms with Gasteiger partial charge in [-0.15, -0.1) is 16.4 Å². The van der Waals surface area contributed by atoms with Crippen LogP contribution >= 0.6 is 11.3 Å². The Labute approximate surface area is 131 Å². The van der Waals surface area contributed by atoms with E-state index in [0.29, 0.717) is 13.1 Å². The van der Waals surface area contributed by atoms with Crippen LogP contribution in [0.3, 0.4) is 0 Å². The molecule has 0 radical (unpaired) electrons. The average molecular weight is 315 g/mol. The summed E-state index contributed by atoms with van der Waals surface area (Å²) in [7, 11) is 0. The van der Waals surface area contributed by atoms with Crippen LogP contribution in [0.5, 0.6) is 0 Å². The molecule has 6 nitrogen and oxygen atoms in total. The summed E-state index contributed by atoms with van der Waals surface area (Å²) in [6, 6.07) is 0. The molecule has 7 heteroatoms. The van der Waals surface area contributed by atoms with Crippen molar-refractivity contribution in [3.8, 4) is 0 Å². The number of thiophene rings is 1. The third-order valence-electron chi connectivity index (χ3n) is 4.28. The predicted octanol–water partition coefficient (Wildman–Crippen LogP) is 2.31. The average Bonchev–Trinajstić information content (AvgIpc) is 3.20. The number of carbonyl (C=O) groups excluding carboxylic acids is 1. The molecule has 1 amide bonds. The first-order chi connectivity index (χ1) is 10.7. The molecule has 0 saturated heterocycles. The highest BCUT2D eigenvalue weighted by Crippen LogP contribution is 2.37. The molecule has 1 aliphatic carbocycles. The molecule has 4 rings (SSSR count). The lowest BCUT2D eigenvalue weighted by Gasteiger charge is -2.15. The van der Waals surface area contributed by atoms with E-state index in [-0.39, 0.29) is 11.7 Å². The fraction of sp³-hybridized carbons (Fsp3) is 0.467. The number of hydrogen-bond acceptors (Lipinski definition) is 5. The van der Waals surface area contributed by atoms with E-state index in [1.807, 2.05) is 13.8 Å². The lowest BCUT2D eigenvalue weighted by Crippen LogP contribution is -2.31. The Morgan fingerprint density at radius 3 is 2.95 bits per heavy atom. The summed E-state index contributed by atoms with van der Waals surface area (Å²) in [5.41, 5.74) is 2.12. The normalized spacial score (nSPS) is 13.9. The summed E-state index contributed by atoms with van der Waals surface area (Å²) < 4.78 is 1.64. The molecule has 3 aromatic heterocycles. The van der Waals surface area contributed by atoms with E-state index in [9.17, 15) is 4.79 Å². The van der Waals surface area contributed by atoms with Crippen LogP contribution in [0.25, 0.3) is 15.9 Å². The van der Waals surface area contributed by atoms with Gasteiger partial charge in [0.2, 0.25) is 5.82 Å². The Morgan fingerprint density at radius 1 is 1.36 bits per heavy atom. The second-order valence-corrected chi connectivity index (χ2v) is 6.55. The molecule has 0 bridgehead atoms. The lowest BCUT2D eigenvalue weighted by atomic mass is 10.2. The molecule has 22 heavy (non-hydrogen) atoms. The fourth-order valence-electron chi connectivity index (χ4n) is 3.14. The highest BCUT2D eigenvalue weighted by molar-refractivity contribution is 7.19. The van der Waals surface area contributed by atoms with Crippen molar-refractivity contribution in [2.24, 2.45) is 0 Å². The Bertz CT molecular complexity index is 877. The van der Waals surface area contributed by atoms with Gasteiger partial charge < -0.3 is 4.90 Å². The molecule has 3 heterocycles. The zero-order valence-corrected chi connectivity index (χ0v) is 13.5. The molecule has 0 aliphatic heterocycles. The standard InChI is InChI=1S/C15H17N5OS/c1-3-19(4-2)15(21)12-17-13-11-9-6-5-7-10(9)22-14(11)16-8-20(13)18-12/h8H,3-7H2,1-2H3. The smallest absolute Gasteiger partial charge is 0.293 e. The summed E-state index contributed by atoms with van der Waals surface area (Å²) in [5, 5.41) is 5.43. The first-order valence-corrected chi connectivity index (χ1v) is 8.49. The lowest BCUT2D eigenvalue weighted by molar-refractivity contribution is 0.0761. The van der Waals surface area contributed by atoms with E-state index in [4.69, 9.17) is 0 Å². The molecular weight excluding hydrogens is 298 g/mol. The third kappa shape index (κ3) is 1.85. The summed E-state index contributed by atoms with van der Waals surface area (Å²) >= 11 is 1.75. The van der Waals surface area contributed by atoms with Crippen molar-refractivity contribution in [3.63, 3.8) is 0 Å². The number of aromatic nitrogens is 4. The van der Waals surface area contributed by atoms with E-state index < -0.39 is 0 Å². The summed E-state index contributed by atoms with van der Waals surface area (Å²) in [4.78, 5) is 25.6. The van der Waals surface area contributed by atoms with Gasteiger partial charge in [-0.05, 0) is 38.7 Å². The van der Waals surface area contributed by atoms with Gasteiger partial charge in [0.1, 0.15) is 11.2 Å². The first kappa shape index (κ1) is 13.6. The van der Waals surface area contributed by atoms with E-state index in [2.05, 4.69) is 15.1 Å². The van der Waals surface area contributed by atoms with Crippen LogP contribution in [0.2, 0.25) is 0 Å². The summed E-state index contributed by atoms with van der Waals surface area (Å²) in [5.74, 6) is 0.143. The van der Waals surface area contributed by atoms with Crippen molar-refractivity contribution in [2.45, 2.75) is 33.1 Å². The van der Waals surface area contributed by atoms with Crippen LogP contribution < -0.4 is 0 Å². The zero-order valence-electron chi connectivity index (χ0n) is 12.7. The van der Waals surface area contributed by atoms with Gasteiger partial charge in [-0.3, -0.25) is 4.79 Å². The first-order valence-electron chi connectivity index (χ1n) is 7.67. The molecule has 0 N–H and O–H groups in total. The van der Waals surface area contributed by atoms with E-state index in [1.54, 1.807) is 27.1 Å². The molecule has 0 unspecified atom stereocenters. The molecule has 0 fully saturated rings. The van der Waals surface area contributed by atoms with E-state index >= 15 is 0 Å². The van der Waals surface area contributed by atoms with Crippen LogP contribution in [0.1, 0.15) is 41.3 Å². The molecule has 0 aromatic carbocycles. The Kier molecular flexibility index (Phi) is 3.11. The van der Waals surface area contributed by atoms with Crippen LogP contribution in [0.4, 0.5) is 0 Å². The van der Waals surface area contributed by atoms with Crippen molar-refractivity contribution >= 4 is 33.1 Å². The maximum Gasteiger partial charge on any atom is 0.293 e. The van der Waals surface area contributed by atoms with Crippen LogP contribution in [0.15, 0.2) is 6.33 Å². The summed E-state index contributed by atoms with van der Waals surface area (Å²) in [6.45, 7) is 5.24. The van der Waals surface area contributed by atoms with Gasteiger partial charge >= 0.3 is 0 Å². The highest BCUT2D eigenvalue weighted by atomic mass is 32.1. The van der Waals surface area contributed by atoms with E-state index in [0.717, 1.165) is 28.7 Å². The topological polar surface area (TPSA) is 63.4 Å². The molecule has 3 aromatic rings. The van der Waals surface area contributed by atoms with Crippen molar-refractivity contribution in [2.75, 3.05) is 13.1 Å². The summed E-state index contributed by atoms with van der Waals surface area (Å²) in [6.07, 6.45) is 5.05. The molecular formula is C15H17N5OS. The van der Waals surface area contributed by atoms with Gasteiger partial charge in [-0.2, -0.15) is 0 Å². The van der Waals surface area contributed by atoms with Gasteiger partial charge in [0.15, 0.2) is 5.65 Å². The Balaban J connectivity index is 1.90. The maximum atomic E-state index is 12.5. The number of rotatable bonds is 3. The zero-order chi connectivity index (χ0) is 15.3. The predicted molar refractivity (Wildman–Crippen MR) is 85.4 cm³/mol. The van der Waals surface area contributed by atoms with E-state index in [1.165, 1.54) is 16.9 Å². The quantitative estimate of drug-likeness (QED) is 0.744. The molecule has 1 aliphatic rings. The number of hydrogen-bond donors (Lipinski definition) is 0. The number of amides is 1. The maximum absolute atomic E-state index is 12.5. The minimum Gasteiger partial charge on any atom is -0.336 e. The second kappa shape index (κ2) is 5.01. The minimum absolute atomic E-state index is 0.117. The van der Waals surface area contributed by atoms with Gasteiger partial charge in [-0.1, -0.05) is 0 Å². The molecule has 0 spiro atoms. The van der Waals surface area contributed by atoms with Gasteiger partial charge in [0, 0.05) is 18.0 Å².